The first-order valence-corrected chi connectivity index (χ1v) is 9.17. The van der Waals surface area contributed by atoms with E-state index < -0.39 is 10.0 Å². The number of methoxy groups -OCH3 is 2. The van der Waals surface area contributed by atoms with Crippen molar-refractivity contribution in [3.8, 4) is 28.7 Å². The van der Waals surface area contributed by atoms with Crippen LogP contribution in [0.2, 0.25) is 0 Å². The van der Waals surface area contributed by atoms with Gasteiger partial charge in [-0.05, 0) is 29.8 Å². The number of sulfonamides is 1. The number of nitrogens with one attached hydrogen (secondary N) is 1. The third-order valence-electron chi connectivity index (χ3n) is 3.79. The number of hydrogen-bond acceptors (Lipinski definition) is 7. The molecule has 0 aliphatic rings. The zero-order chi connectivity index (χ0) is 19.4. The maximum Gasteiger partial charge on any atom is 0.265 e. The molecule has 0 aliphatic heterocycles. The van der Waals surface area contributed by atoms with E-state index in [2.05, 4.69) is 9.88 Å². The smallest absolute Gasteiger partial charge is 0.265 e. The van der Waals surface area contributed by atoms with Crippen molar-refractivity contribution >= 4 is 15.9 Å². The molecular formula is C18H15N3O5S. The van der Waals surface area contributed by atoms with Gasteiger partial charge in [0.25, 0.3) is 10.0 Å². The predicted octanol–water partition coefficient (Wildman–Crippen LogP) is 3.03. The second kappa shape index (κ2) is 7.39. The van der Waals surface area contributed by atoms with E-state index in [4.69, 9.17) is 19.3 Å². The van der Waals surface area contributed by atoms with E-state index in [1.165, 1.54) is 38.6 Å². The topological polar surface area (TPSA) is 114 Å². The lowest BCUT2D eigenvalue weighted by Crippen LogP contribution is -2.14. The van der Waals surface area contributed by atoms with Crippen molar-refractivity contribution in [1.82, 2.24) is 5.16 Å². The molecule has 27 heavy (non-hydrogen) atoms. The zero-order valence-corrected chi connectivity index (χ0v) is 15.3. The highest BCUT2D eigenvalue weighted by molar-refractivity contribution is 7.92. The van der Waals surface area contributed by atoms with E-state index in [0.717, 1.165) is 0 Å². The van der Waals surface area contributed by atoms with Gasteiger partial charge in [0, 0.05) is 0 Å². The van der Waals surface area contributed by atoms with Crippen LogP contribution in [0.1, 0.15) is 5.56 Å². The van der Waals surface area contributed by atoms with Crippen LogP contribution in [-0.2, 0) is 10.0 Å². The summed E-state index contributed by atoms with van der Waals surface area (Å²) in [5.41, 5.74) is 1.05. The van der Waals surface area contributed by atoms with Crippen molar-refractivity contribution in [2.24, 2.45) is 0 Å². The van der Waals surface area contributed by atoms with Crippen LogP contribution in [0.5, 0.6) is 11.5 Å². The first kappa shape index (κ1) is 18.3. The third kappa shape index (κ3) is 3.56. The molecule has 0 aliphatic carbocycles. The molecule has 0 saturated carbocycles. The molecule has 0 saturated heterocycles. The lowest BCUT2D eigenvalue weighted by Gasteiger charge is -2.10. The van der Waals surface area contributed by atoms with Crippen LogP contribution < -0.4 is 14.2 Å². The summed E-state index contributed by atoms with van der Waals surface area (Å²) in [4.78, 5) is -0.151. The number of hydrogen-bond donors (Lipinski definition) is 1. The minimum Gasteiger partial charge on any atom is -0.493 e. The maximum absolute atomic E-state index is 12.7. The van der Waals surface area contributed by atoms with Crippen LogP contribution in [0.15, 0.2) is 58.1 Å². The fourth-order valence-electron chi connectivity index (χ4n) is 2.49. The van der Waals surface area contributed by atoms with Gasteiger partial charge in [-0.3, -0.25) is 0 Å². The first-order chi connectivity index (χ1) is 13.0. The molecule has 2 aromatic carbocycles. The molecule has 0 bridgehead atoms. The van der Waals surface area contributed by atoms with Crippen molar-refractivity contribution < 1.29 is 22.4 Å². The molecular weight excluding hydrogens is 370 g/mol. The average molecular weight is 385 g/mol. The molecule has 0 radical (unpaired) electrons. The van der Waals surface area contributed by atoms with E-state index >= 15 is 0 Å². The van der Waals surface area contributed by atoms with Crippen molar-refractivity contribution in [2.45, 2.75) is 4.90 Å². The minimum atomic E-state index is -4.05. The lowest BCUT2D eigenvalue weighted by atomic mass is 10.1. The normalized spacial score (nSPS) is 10.9. The molecule has 3 rings (SSSR count). The molecule has 1 aromatic heterocycles. The summed E-state index contributed by atoms with van der Waals surface area (Å²) < 4.78 is 43.3. The molecule has 0 spiro atoms. The van der Waals surface area contributed by atoms with Gasteiger partial charge >= 0.3 is 0 Å². The Labute approximate surface area is 156 Å². The quantitative estimate of drug-likeness (QED) is 0.693. The molecule has 9 heteroatoms. The summed E-state index contributed by atoms with van der Waals surface area (Å²) in [6.45, 7) is 0. The van der Waals surface area contributed by atoms with Crippen LogP contribution in [0.3, 0.4) is 0 Å². The fraction of sp³-hybridized carbons (Fsp3) is 0.111. The Morgan fingerprint density at radius 3 is 2.56 bits per heavy atom. The maximum atomic E-state index is 12.7. The Bertz CT molecular complexity index is 1120. The Morgan fingerprint density at radius 2 is 1.85 bits per heavy atom. The van der Waals surface area contributed by atoms with Crippen LogP contribution in [0.4, 0.5) is 5.88 Å². The molecule has 8 nitrogen and oxygen atoms in total. The van der Waals surface area contributed by atoms with Crippen molar-refractivity contribution in [3.63, 3.8) is 0 Å². The Morgan fingerprint density at radius 1 is 1.11 bits per heavy atom. The molecule has 0 fully saturated rings. The second-order valence-corrected chi connectivity index (χ2v) is 7.00. The number of rotatable bonds is 6. The van der Waals surface area contributed by atoms with Gasteiger partial charge < -0.3 is 14.0 Å². The predicted molar refractivity (Wildman–Crippen MR) is 97.0 cm³/mol. The molecule has 0 amide bonds. The first-order valence-electron chi connectivity index (χ1n) is 7.69. The number of nitrogens with zero attached hydrogens (tertiary/aromatic N) is 2. The Kier molecular flexibility index (Phi) is 5.00. The van der Waals surface area contributed by atoms with E-state index in [0.29, 0.717) is 22.6 Å². The van der Waals surface area contributed by atoms with Gasteiger partial charge in [0.2, 0.25) is 5.88 Å². The van der Waals surface area contributed by atoms with Crippen molar-refractivity contribution in [3.05, 3.63) is 54.2 Å². The van der Waals surface area contributed by atoms with Gasteiger partial charge in [0.1, 0.15) is 11.0 Å². The molecule has 0 atom stereocenters. The number of anilines is 1. The summed E-state index contributed by atoms with van der Waals surface area (Å²) in [5, 5.41) is 12.8. The van der Waals surface area contributed by atoms with Crippen LogP contribution in [-0.4, -0.2) is 27.8 Å². The van der Waals surface area contributed by atoms with E-state index in [1.54, 1.807) is 24.3 Å². The van der Waals surface area contributed by atoms with Gasteiger partial charge in [-0.15, -0.1) is 0 Å². The fourth-order valence-corrected chi connectivity index (χ4v) is 3.66. The Hall–Kier alpha value is -3.51. The number of ether oxygens (including phenoxy) is 2. The van der Waals surface area contributed by atoms with Gasteiger partial charge in [0.05, 0.1) is 31.5 Å². The Balaban J connectivity index is 2.00. The summed E-state index contributed by atoms with van der Waals surface area (Å²) in [5.74, 6) is 0.928. The highest BCUT2D eigenvalue weighted by Crippen LogP contribution is 2.36. The van der Waals surface area contributed by atoms with Gasteiger partial charge in [-0.1, -0.05) is 23.4 Å². The minimum absolute atomic E-state index is 0.0252. The van der Waals surface area contributed by atoms with Crippen molar-refractivity contribution in [2.75, 3.05) is 18.9 Å². The van der Waals surface area contributed by atoms with Crippen LogP contribution in [0.25, 0.3) is 11.1 Å². The largest absolute Gasteiger partial charge is 0.493 e. The standard InChI is InChI=1S/C18H15N3O5S/c1-24-15-8-7-12(9-16(15)25-2)14-11-20-26-18(14)21-27(22,23)17-6-4-3-5-13(17)10-19/h3-9,11,21H,1-2H3. The van der Waals surface area contributed by atoms with Gasteiger partial charge in [-0.2, -0.15) is 5.26 Å². The number of nitriles is 1. The third-order valence-corrected chi connectivity index (χ3v) is 5.18. The summed E-state index contributed by atoms with van der Waals surface area (Å²) in [7, 11) is -1.03. The molecule has 1 N–H and O–H groups in total. The monoisotopic (exact) mass is 385 g/mol. The molecule has 0 unspecified atom stereocenters. The van der Waals surface area contributed by atoms with Crippen molar-refractivity contribution in [1.29, 1.82) is 5.26 Å². The lowest BCUT2D eigenvalue weighted by molar-refractivity contribution is 0.355. The average Bonchev–Trinajstić information content (AvgIpc) is 3.14. The van der Waals surface area contributed by atoms with Gasteiger partial charge in [-0.25, -0.2) is 13.1 Å². The van der Waals surface area contributed by atoms with Crippen LogP contribution >= 0.6 is 0 Å². The summed E-state index contributed by atoms with van der Waals surface area (Å²) >= 11 is 0. The number of benzene rings is 2. The van der Waals surface area contributed by atoms with Crippen LogP contribution in [0, 0.1) is 11.3 Å². The second-order valence-electron chi connectivity index (χ2n) is 5.35. The highest BCUT2D eigenvalue weighted by Gasteiger charge is 2.23. The van der Waals surface area contributed by atoms with Gasteiger partial charge in [0.15, 0.2) is 11.5 Å². The molecule has 3 aromatic rings. The van der Waals surface area contributed by atoms with E-state index in [1.807, 2.05) is 6.07 Å². The van der Waals surface area contributed by atoms with E-state index in [-0.39, 0.29) is 16.3 Å². The SMILES string of the molecule is COc1ccc(-c2cnoc2NS(=O)(=O)c2ccccc2C#N)cc1OC. The zero-order valence-electron chi connectivity index (χ0n) is 14.5. The molecule has 1 heterocycles. The summed E-state index contributed by atoms with van der Waals surface area (Å²) in [6, 6.07) is 12.8. The van der Waals surface area contributed by atoms with E-state index in [9.17, 15) is 8.42 Å². The molecule has 138 valence electrons. The summed E-state index contributed by atoms with van der Waals surface area (Å²) in [6.07, 6.45) is 1.38. The number of aromatic nitrogens is 1. The highest BCUT2D eigenvalue weighted by atomic mass is 32.2.